The number of fused-ring (bicyclic) bond motifs is 1. The third-order valence-corrected chi connectivity index (χ3v) is 2.46. The number of carbonyl (C=O) groups is 2. The molecule has 0 aromatic heterocycles. The number of benzene rings is 1. The van der Waals surface area contributed by atoms with E-state index in [-0.39, 0.29) is 0 Å². The molecule has 0 atom stereocenters. The van der Waals surface area contributed by atoms with Gasteiger partial charge in [-0.05, 0) is 0 Å². The molecule has 1 aromatic rings. The Hall–Kier alpha value is -1.66. The Bertz CT molecular complexity index is 448. The number of halogens is 2. The van der Waals surface area contributed by atoms with Crippen LogP contribution in [-0.4, -0.2) is 33.5 Å². The van der Waals surface area contributed by atoms with E-state index >= 15 is 0 Å². The van der Waals surface area contributed by atoms with Crippen molar-refractivity contribution in [2.75, 3.05) is 0 Å². The first kappa shape index (κ1) is 10.8. The summed E-state index contributed by atoms with van der Waals surface area (Å²) >= 11 is 0. The van der Waals surface area contributed by atoms with Crippen LogP contribution in [0.25, 0.3) is 0 Å². The second-order valence-electron chi connectivity index (χ2n) is 3.45. The number of alkyl halides is 2. The molecule has 0 saturated carbocycles. The molecule has 0 spiro atoms. The van der Waals surface area contributed by atoms with Crippen LogP contribution in [0.2, 0.25) is 0 Å². The van der Waals surface area contributed by atoms with Crippen LogP contribution in [0.1, 0.15) is 20.7 Å². The maximum Gasteiger partial charge on any atom is 0.369 e. The third-order valence-electron chi connectivity index (χ3n) is 2.46. The van der Waals surface area contributed by atoms with Crippen LogP contribution in [-0.2, 0) is 0 Å². The largest absolute Gasteiger partial charge is 0.369 e. The molecule has 0 amide bonds. The van der Waals surface area contributed by atoms with E-state index in [0.29, 0.717) is 0 Å². The minimum atomic E-state index is -4.53. The smallest absolute Gasteiger partial charge is 0.354 e. The molecule has 6 heteroatoms. The Morgan fingerprint density at radius 3 is 1.88 bits per heavy atom. The molecule has 0 aliphatic heterocycles. The number of rotatable bonds is 0. The van der Waals surface area contributed by atoms with Gasteiger partial charge in [0.2, 0.25) is 11.6 Å². The Morgan fingerprint density at radius 1 is 0.938 bits per heavy atom. The summed E-state index contributed by atoms with van der Waals surface area (Å²) in [6, 6.07) is 4.77. The first-order chi connectivity index (χ1) is 7.30. The summed E-state index contributed by atoms with van der Waals surface area (Å²) in [6.07, 6.45) is 0. The second kappa shape index (κ2) is 2.93. The Kier molecular flexibility index (Phi) is 1.98. The third kappa shape index (κ3) is 1.08. The lowest BCUT2D eigenvalue weighted by atomic mass is 9.82. The first-order valence-corrected chi connectivity index (χ1v) is 4.31. The van der Waals surface area contributed by atoms with E-state index in [2.05, 4.69) is 0 Å². The van der Waals surface area contributed by atoms with Crippen LogP contribution in [0.15, 0.2) is 24.3 Å². The topological polar surface area (TPSA) is 74.6 Å². The fourth-order valence-electron chi connectivity index (χ4n) is 1.54. The number of ketones is 2. The zero-order valence-corrected chi connectivity index (χ0v) is 7.78. The molecule has 84 valence electrons. The predicted octanol–water partition coefficient (Wildman–Crippen LogP) is 0.382. The molecule has 1 aromatic carbocycles. The summed E-state index contributed by atoms with van der Waals surface area (Å²) in [5.41, 5.74) is -0.917. The molecule has 4 nitrogen and oxygen atoms in total. The van der Waals surface area contributed by atoms with Gasteiger partial charge in [-0.15, -0.1) is 0 Å². The summed E-state index contributed by atoms with van der Waals surface area (Å²) in [6.45, 7) is 0. The van der Waals surface area contributed by atoms with E-state index in [9.17, 15) is 18.4 Å². The molecular formula is C10H6F2O4. The molecule has 0 saturated heterocycles. The summed E-state index contributed by atoms with van der Waals surface area (Å²) in [5.74, 6) is -11.8. The lowest BCUT2D eigenvalue weighted by molar-refractivity contribution is -0.237. The summed E-state index contributed by atoms with van der Waals surface area (Å²) in [7, 11) is 0. The van der Waals surface area contributed by atoms with Gasteiger partial charge in [0.1, 0.15) is 0 Å². The van der Waals surface area contributed by atoms with E-state index in [1.54, 1.807) is 0 Å². The van der Waals surface area contributed by atoms with E-state index in [1.165, 1.54) is 12.1 Å². The van der Waals surface area contributed by atoms with Crippen molar-refractivity contribution in [1.29, 1.82) is 0 Å². The van der Waals surface area contributed by atoms with Crippen molar-refractivity contribution >= 4 is 11.6 Å². The van der Waals surface area contributed by atoms with Gasteiger partial charge in [-0.25, -0.2) is 0 Å². The van der Waals surface area contributed by atoms with E-state index in [4.69, 9.17) is 10.2 Å². The summed E-state index contributed by atoms with van der Waals surface area (Å²) < 4.78 is 26.5. The van der Waals surface area contributed by atoms with Crippen molar-refractivity contribution in [2.45, 2.75) is 11.7 Å². The Balaban J connectivity index is 2.76. The Labute approximate surface area is 88.1 Å². The minimum absolute atomic E-state index is 0.413. The van der Waals surface area contributed by atoms with Crippen LogP contribution in [0.3, 0.4) is 0 Å². The van der Waals surface area contributed by atoms with Gasteiger partial charge in [0.25, 0.3) is 0 Å². The van der Waals surface area contributed by atoms with Crippen LogP contribution in [0.5, 0.6) is 0 Å². The van der Waals surface area contributed by atoms with Gasteiger partial charge in [0.05, 0.1) is 0 Å². The molecule has 0 bridgehead atoms. The maximum absolute atomic E-state index is 13.2. The number of carbonyl (C=O) groups excluding carboxylic acids is 2. The average Bonchev–Trinajstić information content (AvgIpc) is 2.25. The Morgan fingerprint density at radius 2 is 1.38 bits per heavy atom. The quantitative estimate of drug-likeness (QED) is 0.629. The van der Waals surface area contributed by atoms with E-state index in [1.807, 2.05) is 0 Å². The summed E-state index contributed by atoms with van der Waals surface area (Å²) in [5, 5.41) is 18.0. The van der Waals surface area contributed by atoms with E-state index in [0.717, 1.165) is 12.1 Å². The van der Waals surface area contributed by atoms with Crippen molar-refractivity contribution in [3.05, 3.63) is 35.4 Å². The molecule has 0 heterocycles. The van der Waals surface area contributed by atoms with Crippen molar-refractivity contribution in [3.63, 3.8) is 0 Å². The molecule has 0 radical (unpaired) electrons. The molecule has 16 heavy (non-hydrogen) atoms. The molecule has 0 fully saturated rings. The van der Waals surface area contributed by atoms with Crippen LogP contribution < -0.4 is 0 Å². The molecular weight excluding hydrogens is 222 g/mol. The normalized spacial score (nSPS) is 21.8. The van der Waals surface area contributed by atoms with E-state index < -0.39 is 34.4 Å². The van der Waals surface area contributed by atoms with Crippen molar-refractivity contribution in [3.8, 4) is 0 Å². The van der Waals surface area contributed by atoms with Crippen molar-refractivity contribution in [2.24, 2.45) is 0 Å². The molecule has 2 rings (SSSR count). The standard InChI is InChI=1S/C10H6F2O4/c11-9(12)7(13)5-3-1-2-4-6(5)8(14)10(9,15)16/h1-4,15-16H. The first-order valence-electron chi connectivity index (χ1n) is 4.31. The van der Waals surface area contributed by atoms with Gasteiger partial charge in [-0.2, -0.15) is 8.78 Å². The van der Waals surface area contributed by atoms with Crippen LogP contribution >= 0.6 is 0 Å². The fraction of sp³-hybridized carbons (Fsp3) is 0.200. The maximum atomic E-state index is 13.2. The SMILES string of the molecule is O=C1c2ccccc2C(=O)C(F)(F)C1(O)O. The van der Waals surface area contributed by atoms with Crippen molar-refractivity contribution < 1.29 is 28.6 Å². The van der Waals surface area contributed by atoms with Gasteiger partial charge in [-0.1, -0.05) is 24.3 Å². The average molecular weight is 228 g/mol. The highest BCUT2D eigenvalue weighted by Gasteiger charge is 2.66. The summed E-state index contributed by atoms with van der Waals surface area (Å²) in [4.78, 5) is 22.6. The van der Waals surface area contributed by atoms with Gasteiger partial charge < -0.3 is 10.2 Å². The molecule has 0 unspecified atom stereocenters. The number of hydrogen-bond acceptors (Lipinski definition) is 4. The predicted molar refractivity (Wildman–Crippen MR) is 47.2 cm³/mol. The van der Waals surface area contributed by atoms with Gasteiger partial charge in [0, 0.05) is 11.1 Å². The minimum Gasteiger partial charge on any atom is -0.354 e. The highest BCUT2D eigenvalue weighted by molar-refractivity contribution is 6.20. The molecule has 1 aliphatic rings. The lowest BCUT2D eigenvalue weighted by Crippen LogP contribution is -2.61. The number of aliphatic hydroxyl groups is 2. The van der Waals surface area contributed by atoms with Crippen LogP contribution in [0.4, 0.5) is 8.78 Å². The van der Waals surface area contributed by atoms with Crippen molar-refractivity contribution in [1.82, 2.24) is 0 Å². The monoisotopic (exact) mass is 228 g/mol. The zero-order valence-electron chi connectivity index (χ0n) is 7.78. The number of Topliss-reactive ketones (excluding diaryl/α,β-unsaturated/α-hetero) is 2. The fourth-order valence-corrected chi connectivity index (χ4v) is 1.54. The number of hydrogen-bond donors (Lipinski definition) is 2. The highest BCUT2D eigenvalue weighted by Crippen LogP contribution is 2.38. The van der Waals surface area contributed by atoms with Gasteiger partial charge >= 0.3 is 11.7 Å². The molecule has 1 aliphatic carbocycles. The second-order valence-corrected chi connectivity index (χ2v) is 3.45. The lowest BCUT2D eigenvalue weighted by Gasteiger charge is -2.32. The molecule has 2 N–H and O–H groups in total. The van der Waals surface area contributed by atoms with Crippen LogP contribution in [0, 0.1) is 0 Å². The van der Waals surface area contributed by atoms with Gasteiger partial charge in [-0.3, -0.25) is 9.59 Å². The highest BCUT2D eigenvalue weighted by atomic mass is 19.3. The zero-order chi connectivity index (χ0) is 12.1. The van der Waals surface area contributed by atoms with Gasteiger partial charge in [0.15, 0.2) is 0 Å².